The van der Waals surface area contributed by atoms with E-state index in [1.807, 2.05) is 38.1 Å². The van der Waals surface area contributed by atoms with Crippen LogP contribution in [0.3, 0.4) is 0 Å². The number of benzene rings is 1. The highest BCUT2D eigenvalue weighted by Crippen LogP contribution is 2.27. The molecule has 1 aromatic rings. The lowest BCUT2D eigenvalue weighted by atomic mass is 9.91. The summed E-state index contributed by atoms with van der Waals surface area (Å²) in [5.74, 6) is 0.663. The van der Waals surface area contributed by atoms with Crippen LogP contribution in [0.4, 0.5) is 0 Å². The summed E-state index contributed by atoms with van der Waals surface area (Å²) in [5, 5.41) is 0. The lowest BCUT2D eigenvalue weighted by Gasteiger charge is -2.39. The van der Waals surface area contributed by atoms with Crippen LogP contribution in [0.2, 0.25) is 12.1 Å². The first-order valence-corrected chi connectivity index (χ1v) is 15.0. The summed E-state index contributed by atoms with van der Waals surface area (Å²) in [6.45, 7) is 10.6. The maximum absolute atomic E-state index is 13.1. The number of Topliss-reactive ketones (excluding diaryl/α,β-unsaturated/α-hetero) is 1. The molecule has 0 N–H and O–H groups in total. The van der Waals surface area contributed by atoms with Crippen molar-refractivity contribution in [3.8, 4) is 0 Å². The van der Waals surface area contributed by atoms with Gasteiger partial charge in [-0.1, -0.05) is 18.7 Å². The first-order valence-electron chi connectivity index (χ1n) is 11.8. The monoisotopic (exact) mass is 509 g/mol. The third kappa shape index (κ3) is 8.32. The summed E-state index contributed by atoms with van der Waals surface area (Å²) in [6, 6.07) is 9.55. The Labute approximate surface area is 209 Å². The number of ether oxygens (including phenoxy) is 2. The topological polar surface area (TPSA) is 74.3 Å². The predicted molar refractivity (Wildman–Crippen MR) is 138 cm³/mol. The van der Waals surface area contributed by atoms with Gasteiger partial charge in [0.2, 0.25) is 0 Å². The molecule has 2 rings (SSSR count). The smallest absolute Gasteiger partial charge is 0.337 e. The molecular weight excluding hydrogens is 470 g/mol. The van der Waals surface area contributed by atoms with Gasteiger partial charge in [-0.25, -0.2) is 4.79 Å². The zero-order valence-corrected chi connectivity index (χ0v) is 22.8. The summed E-state index contributed by atoms with van der Waals surface area (Å²) in [6.07, 6.45) is 2.83. The van der Waals surface area contributed by atoms with Crippen LogP contribution in [-0.2, 0) is 23.1 Å². The zero-order chi connectivity index (χ0) is 25.0. The first-order chi connectivity index (χ1) is 16.3. The van der Waals surface area contributed by atoms with Crippen molar-refractivity contribution in [2.75, 3.05) is 52.9 Å². The van der Waals surface area contributed by atoms with E-state index < -0.39 is 20.1 Å². The SMILES string of the molecule is C=CC(=O)OCCC[Si](CCCSc1ccc(C(=O)C(C)(C)N2CCOCC2)cc1)(OC)OC. The van der Waals surface area contributed by atoms with Crippen LogP contribution in [0.25, 0.3) is 0 Å². The lowest BCUT2D eigenvalue weighted by molar-refractivity contribution is -0.137. The molecule has 0 unspecified atom stereocenters. The summed E-state index contributed by atoms with van der Waals surface area (Å²) >= 11 is 1.77. The molecule has 0 amide bonds. The minimum absolute atomic E-state index is 0.140. The van der Waals surface area contributed by atoms with Crippen LogP contribution in [-0.4, -0.2) is 83.6 Å². The molecule has 9 heteroatoms. The molecule has 1 aliphatic heterocycles. The molecule has 0 spiro atoms. The predicted octanol–water partition coefficient (Wildman–Crippen LogP) is 4.32. The number of esters is 1. The molecule has 34 heavy (non-hydrogen) atoms. The van der Waals surface area contributed by atoms with Gasteiger partial charge in [0.1, 0.15) is 0 Å². The first kappa shape index (κ1) is 28.7. The Balaban J connectivity index is 1.81. The molecule has 1 fully saturated rings. The number of rotatable bonds is 15. The Morgan fingerprint density at radius 2 is 1.74 bits per heavy atom. The molecule has 0 saturated carbocycles. The maximum atomic E-state index is 13.1. The summed E-state index contributed by atoms with van der Waals surface area (Å²) in [7, 11) is 1.09. The fourth-order valence-corrected chi connectivity index (χ4v) is 7.78. The number of carbonyl (C=O) groups excluding carboxylic acids is 2. The largest absolute Gasteiger partial charge is 0.463 e. The van der Waals surface area contributed by atoms with Gasteiger partial charge in [-0.15, -0.1) is 11.8 Å². The minimum Gasteiger partial charge on any atom is -0.463 e. The van der Waals surface area contributed by atoms with Gasteiger partial charge in [-0.2, -0.15) is 0 Å². The van der Waals surface area contributed by atoms with E-state index in [0.29, 0.717) is 26.2 Å². The molecule has 0 atom stereocenters. The standard InChI is InChI=1S/C25H39NO6SSi/c1-6-23(27)32-15-7-19-34(29-4,30-5)20-8-18-33-22-11-9-21(10-12-22)24(28)25(2,3)26-13-16-31-17-14-26/h6,9-12H,1,7-8,13-20H2,2-5H3. The number of carbonyl (C=O) groups is 2. The molecule has 190 valence electrons. The van der Waals surface area contributed by atoms with Crippen molar-refractivity contribution in [3.63, 3.8) is 0 Å². The van der Waals surface area contributed by atoms with Gasteiger partial charge in [0, 0.05) is 43.8 Å². The van der Waals surface area contributed by atoms with E-state index in [1.165, 1.54) is 6.08 Å². The quantitative estimate of drug-likeness (QED) is 0.0864. The van der Waals surface area contributed by atoms with E-state index in [0.717, 1.165) is 47.8 Å². The normalized spacial score (nSPS) is 15.2. The van der Waals surface area contributed by atoms with E-state index in [2.05, 4.69) is 11.5 Å². The van der Waals surface area contributed by atoms with Gasteiger partial charge in [-0.05, 0) is 56.7 Å². The average molecular weight is 510 g/mol. The van der Waals surface area contributed by atoms with Crippen LogP contribution in [0.5, 0.6) is 0 Å². The Morgan fingerprint density at radius 1 is 1.12 bits per heavy atom. The van der Waals surface area contributed by atoms with Gasteiger partial charge >= 0.3 is 14.5 Å². The number of nitrogens with zero attached hydrogens (tertiary/aromatic N) is 1. The van der Waals surface area contributed by atoms with E-state index in [1.54, 1.807) is 26.0 Å². The molecule has 0 radical (unpaired) electrons. The second-order valence-corrected chi connectivity index (χ2v) is 13.6. The number of hydrogen-bond acceptors (Lipinski definition) is 8. The van der Waals surface area contributed by atoms with Crippen LogP contribution in [0.1, 0.15) is 37.0 Å². The van der Waals surface area contributed by atoms with Crippen LogP contribution in [0, 0.1) is 0 Å². The Bertz CT molecular complexity index is 791. The molecule has 1 heterocycles. The highest BCUT2D eigenvalue weighted by atomic mass is 32.2. The van der Waals surface area contributed by atoms with Gasteiger partial charge in [-0.3, -0.25) is 9.69 Å². The molecule has 1 aromatic carbocycles. The van der Waals surface area contributed by atoms with Gasteiger partial charge in [0.25, 0.3) is 0 Å². The molecule has 0 bridgehead atoms. The fraction of sp³-hybridized carbons (Fsp3) is 0.600. The lowest BCUT2D eigenvalue weighted by Crippen LogP contribution is -2.54. The third-order valence-corrected chi connectivity index (χ3v) is 11.1. The Morgan fingerprint density at radius 3 is 2.32 bits per heavy atom. The maximum Gasteiger partial charge on any atom is 0.337 e. The van der Waals surface area contributed by atoms with Gasteiger partial charge in [0.05, 0.1) is 25.4 Å². The van der Waals surface area contributed by atoms with E-state index in [-0.39, 0.29) is 5.78 Å². The molecule has 1 saturated heterocycles. The number of morpholine rings is 1. The Hall–Kier alpha value is -1.49. The van der Waals surface area contributed by atoms with Gasteiger partial charge in [0.15, 0.2) is 5.78 Å². The highest BCUT2D eigenvalue weighted by Gasteiger charge is 2.36. The second kappa shape index (κ2) is 14.2. The van der Waals surface area contributed by atoms with Gasteiger partial charge < -0.3 is 18.3 Å². The summed E-state index contributed by atoms with van der Waals surface area (Å²) in [4.78, 5) is 27.7. The van der Waals surface area contributed by atoms with Crippen molar-refractivity contribution >= 4 is 32.1 Å². The molecule has 0 aliphatic carbocycles. The van der Waals surface area contributed by atoms with Crippen molar-refractivity contribution in [3.05, 3.63) is 42.5 Å². The van der Waals surface area contributed by atoms with E-state index in [4.69, 9.17) is 18.3 Å². The highest BCUT2D eigenvalue weighted by molar-refractivity contribution is 7.99. The zero-order valence-electron chi connectivity index (χ0n) is 21.0. The molecule has 1 aliphatic rings. The third-order valence-electron chi connectivity index (χ3n) is 6.30. The van der Waals surface area contributed by atoms with Crippen molar-refractivity contribution in [1.82, 2.24) is 4.90 Å². The average Bonchev–Trinajstić information content (AvgIpc) is 2.88. The number of thioether (sulfide) groups is 1. The summed E-state index contributed by atoms with van der Waals surface area (Å²) in [5.41, 5.74) is 0.194. The molecular formula is C25H39NO6SSi. The van der Waals surface area contributed by atoms with Crippen LogP contribution < -0.4 is 0 Å². The van der Waals surface area contributed by atoms with E-state index in [9.17, 15) is 9.59 Å². The Kier molecular flexibility index (Phi) is 12.0. The van der Waals surface area contributed by atoms with Crippen molar-refractivity contribution < 1.29 is 27.9 Å². The number of hydrogen-bond donors (Lipinski definition) is 0. The number of ketones is 1. The molecule has 0 aromatic heterocycles. The van der Waals surface area contributed by atoms with Crippen LogP contribution in [0.15, 0.2) is 41.8 Å². The van der Waals surface area contributed by atoms with Crippen LogP contribution >= 0.6 is 11.8 Å². The molecule has 7 nitrogen and oxygen atoms in total. The van der Waals surface area contributed by atoms with Crippen molar-refractivity contribution in [2.24, 2.45) is 0 Å². The minimum atomic E-state index is -2.31. The van der Waals surface area contributed by atoms with Crippen molar-refractivity contribution in [2.45, 2.75) is 49.2 Å². The fourth-order valence-electron chi connectivity index (χ4n) is 4.04. The van der Waals surface area contributed by atoms with E-state index >= 15 is 0 Å². The second-order valence-electron chi connectivity index (χ2n) is 8.76. The van der Waals surface area contributed by atoms with Crippen molar-refractivity contribution in [1.29, 1.82) is 0 Å². The summed E-state index contributed by atoms with van der Waals surface area (Å²) < 4.78 is 22.1.